The summed E-state index contributed by atoms with van der Waals surface area (Å²) < 4.78 is 40.3. The Morgan fingerprint density at radius 2 is 1.61 bits per heavy atom. The van der Waals surface area contributed by atoms with Gasteiger partial charge in [0, 0.05) is 32.8 Å². The number of para-hydroxylation sites is 1. The van der Waals surface area contributed by atoms with Gasteiger partial charge in [-0.25, -0.2) is 8.42 Å². The monoisotopic (exact) mass is 512 g/mol. The molecule has 0 bridgehead atoms. The van der Waals surface area contributed by atoms with Crippen LogP contribution in [0.4, 0.5) is 5.69 Å². The molecule has 1 aromatic heterocycles. The van der Waals surface area contributed by atoms with Gasteiger partial charge in [-0.3, -0.25) is 4.79 Å². The Bertz CT molecular complexity index is 1290. The minimum absolute atomic E-state index is 0.0359. The van der Waals surface area contributed by atoms with Gasteiger partial charge in [0.05, 0.1) is 24.2 Å². The van der Waals surface area contributed by atoms with E-state index < -0.39 is 10.0 Å². The largest absolute Gasteiger partial charge is 0.481 e. The molecule has 1 atom stereocenters. The van der Waals surface area contributed by atoms with E-state index in [0.29, 0.717) is 50.8 Å². The molecule has 0 aliphatic carbocycles. The van der Waals surface area contributed by atoms with Crippen LogP contribution in [-0.2, 0) is 20.5 Å². The van der Waals surface area contributed by atoms with Crippen molar-refractivity contribution in [3.63, 3.8) is 0 Å². The molecular weight excluding hydrogens is 480 g/mol. The van der Waals surface area contributed by atoms with Crippen LogP contribution in [0.2, 0.25) is 0 Å². The standard InChI is InChI=1S/C26H32N4O5S/c1-3-34-19-21(2)35-25-24(18-27-30(26(25)31)23-12-8-5-9-13-23)28-14-16-29(17-15-28)36(32,33)20-22-10-6-4-7-11-22/h4-13,18,21H,3,14-17,19-20H2,1-2H3. The molecule has 0 N–H and O–H groups in total. The summed E-state index contributed by atoms with van der Waals surface area (Å²) in [6, 6.07) is 18.3. The second kappa shape index (κ2) is 11.7. The number of piperazine rings is 1. The third-order valence-electron chi connectivity index (χ3n) is 5.96. The molecule has 9 nitrogen and oxygen atoms in total. The van der Waals surface area contributed by atoms with Crippen LogP contribution in [0.25, 0.3) is 5.69 Å². The normalized spacial score (nSPS) is 15.6. The number of rotatable bonds is 10. The molecule has 3 aromatic rings. The van der Waals surface area contributed by atoms with Crippen molar-refractivity contribution >= 4 is 15.7 Å². The average molecular weight is 513 g/mol. The molecule has 192 valence electrons. The maximum absolute atomic E-state index is 13.5. The highest BCUT2D eigenvalue weighted by molar-refractivity contribution is 7.88. The molecule has 1 aliphatic rings. The van der Waals surface area contributed by atoms with Crippen LogP contribution in [0.3, 0.4) is 0 Å². The van der Waals surface area contributed by atoms with Crippen molar-refractivity contribution in [2.75, 3.05) is 44.3 Å². The van der Waals surface area contributed by atoms with E-state index >= 15 is 0 Å². The number of nitrogens with zero attached hydrogens (tertiary/aromatic N) is 4. The fourth-order valence-electron chi connectivity index (χ4n) is 4.12. The van der Waals surface area contributed by atoms with E-state index in [0.717, 1.165) is 5.56 Å². The van der Waals surface area contributed by atoms with E-state index in [4.69, 9.17) is 9.47 Å². The van der Waals surface area contributed by atoms with Gasteiger partial charge < -0.3 is 14.4 Å². The molecule has 0 amide bonds. The molecule has 0 saturated carbocycles. The molecule has 4 rings (SSSR count). The number of sulfonamides is 1. The fraction of sp³-hybridized carbons (Fsp3) is 0.385. The Balaban J connectivity index is 1.56. The molecule has 0 radical (unpaired) electrons. The third kappa shape index (κ3) is 6.13. The van der Waals surface area contributed by atoms with E-state index in [1.807, 2.05) is 67.3 Å². The lowest BCUT2D eigenvalue weighted by atomic mass is 10.2. The predicted octanol–water partition coefficient (Wildman–Crippen LogP) is 2.69. The highest BCUT2D eigenvalue weighted by Crippen LogP contribution is 2.27. The molecule has 2 heterocycles. The maximum Gasteiger partial charge on any atom is 0.316 e. The van der Waals surface area contributed by atoms with Crippen LogP contribution < -0.4 is 15.2 Å². The summed E-state index contributed by atoms with van der Waals surface area (Å²) in [5, 5.41) is 4.40. The van der Waals surface area contributed by atoms with E-state index in [2.05, 4.69) is 5.10 Å². The van der Waals surface area contributed by atoms with Crippen molar-refractivity contribution in [1.82, 2.24) is 14.1 Å². The summed E-state index contributed by atoms with van der Waals surface area (Å²) in [5.74, 6) is 0.146. The number of ether oxygens (including phenoxy) is 2. The molecule has 10 heteroatoms. The van der Waals surface area contributed by atoms with Crippen LogP contribution in [0, 0.1) is 0 Å². The third-order valence-corrected chi connectivity index (χ3v) is 7.81. The molecule has 2 aromatic carbocycles. The number of hydrogen-bond acceptors (Lipinski definition) is 7. The molecular formula is C26H32N4O5S. The molecule has 0 spiro atoms. The van der Waals surface area contributed by atoms with Crippen molar-refractivity contribution in [1.29, 1.82) is 0 Å². The summed E-state index contributed by atoms with van der Waals surface area (Å²) >= 11 is 0. The van der Waals surface area contributed by atoms with E-state index in [1.54, 1.807) is 18.3 Å². The first-order valence-electron chi connectivity index (χ1n) is 12.1. The van der Waals surface area contributed by atoms with Gasteiger partial charge in [-0.2, -0.15) is 14.1 Å². The molecule has 1 unspecified atom stereocenters. The zero-order valence-corrected chi connectivity index (χ0v) is 21.4. The summed E-state index contributed by atoms with van der Waals surface area (Å²) in [4.78, 5) is 15.4. The lowest BCUT2D eigenvalue weighted by molar-refractivity contribution is 0.0648. The average Bonchev–Trinajstić information content (AvgIpc) is 2.89. The van der Waals surface area contributed by atoms with Crippen molar-refractivity contribution in [3.05, 3.63) is 82.8 Å². The first-order chi connectivity index (χ1) is 17.4. The zero-order valence-electron chi connectivity index (χ0n) is 20.6. The number of benzene rings is 2. The Kier molecular flexibility index (Phi) is 8.40. The smallest absolute Gasteiger partial charge is 0.316 e. The van der Waals surface area contributed by atoms with Crippen LogP contribution in [0.15, 0.2) is 71.7 Å². The van der Waals surface area contributed by atoms with Gasteiger partial charge in [0.25, 0.3) is 0 Å². The Hall–Kier alpha value is -3.21. The molecule has 1 saturated heterocycles. The maximum atomic E-state index is 13.5. The molecule has 1 aliphatic heterocycles. The van der Waals surface area contributed by atoms with Crippen LogP contribution in [0.5, 0.6) is 5.75 Å². The SMILES string of the molecule is CCOCC(C)Oc1c(N2CCN(S(=O)(=O)Cc3ccccc3)CC2)cnn(-c2ccccc2)c1=O. The van der Waals surface area contributed by atoms with Crippen molar-refractivity contribution in [2.45, 2.75) is 25.7 Å². The lowest BCUT2D eigenvalue weighted by Crippen LogP contribution is -2.49. The van der Waals surface area contributed by atoms with Gasteiger partial charge >= 0.3 is 5.56 Å². The quantitative estimate of drug-likeness (QED) is 0.412. The highest BCUT2D eigenvalue weighted by atomic mass is 32.2. The van der Waals surface area contributed by atoms with Crippen molar-refractivity contribution in [3.8, 4) is 11.4 Å². The van der Waals surface area contributed by atoms with Crippen LogP contribution >= 0.6 is 0 Å². The number of anilines is 1. The van der Waals surface area contributed by atoms with Gasteiger partial charge in [-0.15, -0.1) is 0 Å². The summed E-state index contributed by atoms with van der Waals surface area (Å²) in [6.45, 7) is 6.09. The summed E-state index contributed by atoms with van der Waals surface area (Å²) in [7, 11) is -3.45. The van der Waals surface area contributed by atoms with Gasteiger partial charge in [-0.05, 0) is 31.5 Å². The Morgan fingerprint density at radius 3 is 2.25 bits per heavy atom. The lowest BCUT2D eigenvalue weighted by Gasteiger charge is -2.36. The summed E-state index contributed by atoms with van der Waals surface area (Å²) in [6.07, 6.45) is 1.26. The van der Waals surface area contributed by atoms with E-state index in [9.17, 15) is 13.2 Å². The van der Waals surface area contributed by atoms with Crippen molar-refractivity contribution < 1.29 is 17.9 Å². The minimum atomic E-state index is -3.45. The van der Waals surface area contributed by atoms with E-state index in [1.165, 1.54) is 8.99 Å². The van der Waals surface area contributed by atoms with Gasteiger partial charge in [0.2, 0.25) is 15.8 Å². The molecule has 36 heavy (non-hydrogen) atoms. The first kappa shape index (κ1) is 25.9. The Labute approximate surface area is 211 Å². The second-order valence-electron chi connectivity index (χ2n) is 8.63. The second-order valence-corrected chi connectivity index (χ2v) is 10.6. The predicted molar refractivity (Wildman–Crippen MR) is 139 cm³/mol. The zero-order chi connectivity index (χ0) is 25.5. The minimum Gasteiger partial charge on any atom is -0.481 e. The fourth-order valence-corrected chi connectivity index (χ4v) is 5.64. The van der Waals surface area contributed by atoms with Gasteiger partial charge in [0.1, 0.15) is 11.8 Å². The van der Waals surface area contributed by atoms with Crippen LogP contribution in [-0.4, -0.2) is 68.0 Å². The van der Waals surface area contributed by atoms with Crippen LogP contribution in [0.1, 0.15) is 19.4 Å². The van der Waals surface area contributed by atoms with E-state index in [-0.39, 0.29) is 23.2 Å². The van der Waals surface area contributed by atoms with Gasteiger partial charge in [0.15, 0.2) is 0 Å². The number of hydrogen-bond donors (Lipinski definition) is 0. The van der Waals surface area contributed by atoms with Crippen molar-refractivity contribution in [2.24, 2.45) is 0 Å². The molecule has 1 fully saturated rings. The van der Waals surface area contributed by atoms with Gasteiger partial charge in [-0.1, -0.05) is 48.5 Å². The summed E-state index contributed by atoms with van der Waals surface area (Å²) in [5.41, 5.74) is 1.57. The first-order valence-corrected chi connectivity index (χ1v) is 13.7. The number of aromatic nitrogens is 2. The highest BCUT2D eigenvalue weighted by Gasteiger charge is 2.30. The Morgan fingerprint density at radius 1 is 0.972 bits per heavy atom. The topological polar surface area (TPSA) is 94.0 Å².